The summed E-state index contributed by atoms with van der Waals surface area (Å²) >= 11 is 0. The van der Waals surface area contributed by atoms with Crippen LogP contribution in [0.3, 0.4) is 0 Å². The molecular weight excluding hydrogens is 194 g/mol. The molecule has 0 saturated carbocycles. The van der Waals surface area contributed by atoms with Crippen molar-refractivity contribution in [2.75, 3.05) is 0 Å². The van der Waals surface area contributed by atoms with E-state index in [4.69, 9.17) is 0 Å². The Morgan fingerprint density at radius 2 is 1.25 bits per heavy atom. The van der Waals surface area contributed by atoms with Crippen molar-refractivity contribution in [1.29, 1.82) is 0 Å². The van der Waals surface area contributed by atoms with E-state index in [0.29, 0.717) is 0 Å². The summed E-state index contributed by atoms with van der Waals surface area (Å²) in [6.45, 7) is 3.45. The lowest BCUT2D eigenvalue weighted by molar-refractivity contribution is -0.697. The Balaban J connectivity index is 1.89. The summed E-state index contributed by atoms with van der Waals surface area (Å²) in [5, 5.41) is 0. The average molecular weight is 220 g/mol. The maximum atomic E-state index is 2.27. The summed E-state index contributed by atoms with van der Waals surface area (Å²) in [5.41, 5.74) is 0. The standard InChI is InChI=1S/C15H26N/c1-2-3-4-5-6-7-8-10-13-16-14-11-9-12-15-16/h9,11-12,14-15H,2-8,10,13H2,1H3/q+1. The number of pyridine rings is 1. The molecule has 0 radical (unpaired) electrons. The number of hydrogen-bond donors (Lipinski definition) is 0. The molecule has 0 amide bonds. The molecule has 0 atom stereocenters. The molecular formula is C15H26N+. The topological polar surface area (TPSA) is 3.88 Å². The molecule has 1 rings (SSSR count). The molecule has 1 heteroatoms. The number of unbranched alkanes of at least 4 members (excludes halogenated alkanes) is 7. The van der Waals surface area contributed by atoms with Crippen LogP contribution >= 0.6 is 0 Å². The van der Waals surface area contributed by atoms with Crippen LogP contribution in [0.25, 0.3) is 0 Å². The van der Waals surface area contributed by atoms with Crippen LogP contribution in [-0.4, -0.2) is 0 Å². The van der Waals surface area contributed by atoms with E-state index in [2.05, 4.69) is 42.1 Å². The van der Waals surface area contributed by atoms with Crippen molar-refractivity contribution in [2.45, 2.75) is 64.8 Å². The van der Waals surface area contributed by atoms with Gasteiger partial charge in [0.25, 0.3) is 0 Å². The van der Waals surface area contributed by atoms with Crippen molar-refractivity contribution < 1.29 is 4.57 Å². The Hall–Kier alpha value is -0.850. The first-order valence-electron chi connectivity index (χ1n) is 6.87. The van der Waals surface area contributed by atoms with Gasteiger partial charge in [0, 0.05) is 18.6 Å². The predicted octanol–water partition coefficient (Wildman–Crippen LogP) is 4.11. The molecule has 16 heavy (non-hydrogen) atoms. The van der Waals surface area contributed by atoms with Gasteiger partial charge in [0.05, 0.1) is 0 Å². The highest BCUT2D eigenvalue weighted by Crippen LogP contribution is 2.08. The van der Waals surface area contributed by atoms with Crippen molar-refractivity contribution in [3.63, 3.8) is 0 Å². The Kier molecular flexibility index (Phi) is 7.75. The van der Waals surface area contributed by atoms with Gasteiger partial charge < -0.3 is 0 Å². The molecule has 90 valence electrons. The molecule has 0 aliphatic heterocycles. The van der Waals surface area contributed by atoms with E-state index in [1.165, 1.54) is 57.9 Å². The molecule has 1 heterocycles. The predicted molar refractivity (Wildman–Crippen MR) is 69.2 cm³/mol. The number of aromatic nitrogens is 1. The van der Waals surface area contributed by atoms with Crippen LogP contribution < -0.4 is 4.57 Å². The third-order valence-electron chi connectivity index (χ3n) is 3.05. The molecule has 0 bridgehead atoms. The van der Waals surface area contributed by atoms with Crippen LogP contribution in [0.5, 0.6) is 0 Å². The molecule has 1 aromatic heterocycles. The number of nitrogens with zero attached hydrogens (tertiary/aromatic N) is 1. The summed E-state index contributed by atoms with van der Waals surface area (Å²) in [6, 6.07) is 6.28. The van der Waals surface area contributed by atoms with Gasteiger partial charge >= 0.3 is 0 Å². The zero-order valence-corrected chi connectivity index (χ0v) is 10.7. The van der Waals surface area contributed by atoms with Gasteiger partial charge in [-0.3, -0.25) is 0 Å². The van der Waals surface area contributed by atoms with Crippen LogP contribution in [0.1, 0.15) is 58.3 Å². The first-order valence-corrected chi connectivity index (χ1v) is 6.87. The van der Waals surface area contributed by atoms with Gasteiger partial charge in [-0.05, 0) is 6.42 Å². The quantitative estimate of drug-likeness (QED) is 0.435. The van der Waals surface area contributed by atoms with Gasteiger partial charge in [0.1, 0.15) is 6.54 Å². The van der Waals surface area contributed by atoms with E-state index < -0.39 is 0 Å². The van der Waals surface area contributed by atoms with Crippen LogP contribution in [0.15, 0.2) is 30.6 Å². The second-order valence-electron chi connectivity index (χ2n) is 4.59. The van der Waals surface area contributed by atoms with E-state index >= 15 is 0 Å². The van der Waals surface area contributed by atoms with Crippen molar-refractivity contribution in [2.24, 2.45) is 0 Å². The zero-order chi connectivity index (χ0) is 11.5. The van der Waals surface area contributed by atoms with Crippen molar-refractivity contribution in [3.8, 4) is 0 Å². The van der Waals surface area contributed by atoms with Gasteiger partial charge in [-0.2, -0.15) is 0 Å². The maximum absolute atomic E-state index is 2.27. The number of hydrogen-bond acceptors (Lipinski definition) is 0. The second kappa shape index (κ2) is 9.38. The van der Waals surface area contributed by atoms with E-state index in [0.717, 1.165) is 0 Å². The van der Waals surface area contributed by atoms with Gasteiger partial charge in [-0.1, -0.05) is 51.5 Å². The lowest BCUT2D eigenvalue weighted by Gasteiger charge is -2.00. The van der Waals surface area contributed by atoms with Crippen LogP contribution in [-0.2, 0) is 6.54 Å². The Labute approximate surface area is 101 Å². The molecule has 0 spiro atoms. The summed E-state index contributed by atoms with van der Waals surface area (Å²) < 4.78 is 2.27. The molecule has 1 nitrogen and oxygen atoms in total. The number of aryl methyl sites for hydroxylation is 1. The fourth-order valence-corrected chi connectivity index (χ4v) is 2.01. The lowest BCUT2D eigenvalue weighted by atomic mass is 10.1. The van der Waals surface area contributed by atoms with Crippen molar-refractivity contribution in [1.82, 2.24) is 0 Å². The van der Waals surface area contributed by atoms with Crippen LogP contribution in [0.4, 0.5) is 0 Å². The minimum absolute atomic E-state index is 1.18. The van der Waals surface area contributed by atoms with Crippen LogP contribution in [0, 0.1) is 0 Å². The zero-order valence-electron chi connectivity index (χ0n) is 10.7. The summed E-state index contributed by atoms with van der Waals surface area (Å²) in [7, 11) is 0. The van der Waals surface area contributed by atoms with Gasteiger partial charge in [0.2, 0.25) is 0 Å². The third kappa shape index (κ3) is 6.60. The molecule has 0 aliphatic rings. The Morgan fingerprint density at radius 3 is 1.88 bits per heavy atom. The highest BCUT2D eigenvalue weighted by molar-refractivity contribution is 4.83. The SMILES string of the molecule is CCCCCCCCCC[n+]1ccccc1. The Morgan fingerprint density at radius 1 is 0.688 bits per heavy atom. The average Bonchev–Trinajstić information content (AvgIpc) is 2.34. The molecule has 0 N–H and O–H groups in total. The number of rotatable bonds is 9. The fraction of sp³-hybridized carbons (Fsp3) is 0.667. The summed E-state index contributed by atoms with van der Waals surface area (Å²) in [4.78, 5) is 0. The first-order chi connectivity index (χ1) is 7.93. The molecule has 0 aromatic carbocycles. The molecule has 0 saturated heterocycles. The first kappa shape index (κ1) is 13.2. The minimum Gasteiger partial charge on any atom is -0.205 e. The highest BCUT2D eigenvalue weighted by Gasteiger charge is 1.97. The maximum Gasteiger partial charge on any atom is 0.168 e. The van der Waals surface area contributed by atoms with Crippen LogP contribution in [0.2, 0.25) is 0 Å². The third-order valence-corrected chi connectivity index (χ3v) is 3.05. The normalized spacial score (nSPS) is 10.6. The summed E-state index contributed by atoms with van der Waals surface area (Å²) in [5.74, 6) is 0. The smallest absolute Gasteiger partial charge is 0.168 e. The van der Waals surface area contributed by atoms with E-state index in [1.54, 1.807) is 0 Å². The van der Waals surface area contributed by atoms with Gasteiger partial charge in [-0.15, -0.1) is 0 Å². The van der Waals surface area contributed by atoms with E-state index in [1.807, 2.05) is 0 Å². The largest absolute Gasteiger partial charge is 0.205 e. The van der Waals surface area contributed by atoms with Crippen molar-refractivity contribution in [3.05, 3.63) is 30.6 Å². The monoisotopic (exact) mass is 220 g/mol. The molecule has 1 aromatic rings. The summed E-state index contributed by atoms with van der Waals surface area (Å²) in [6.07, 6.45) is 15.5. The van der Waals surface area contributed by atoms with Gasteiger partial charge in [-0.25, -0.2) is 4.57 Å². The van der Waals surface area contributed by atoms with E-state index in [-0.39, 0.29) is 0 Å². The molecule has 0 aliphatic carbocycles. The molecule has 0 unspecified atom stereocenters. The lowest BCUT2D eigenvalue weighted by Crippen LogP contribution is -2.32. The fourth-order valence-electron chi connectivity index (χ4n) is 2.01. The minimum atomic E-state index is 1.18. The van der Waals surface area contributed by atoms with Crippen molar-refractivity contribution >= 4 is 0 Å². The van der Waals surface area contributed by atoms with Gasteiger partial charge in [0.15, 0.2) is 12.4 Å². The Bertz CT molecular complexity index is 243. The molecule has 0 fully saturated rings. The second-order valence-corrected chi connectivity index (χ2v) is 4.59. The van der Waals surface area contributed by atoms with E-state index in [9.17, 15) is 0 Å². The highest BCUT2D eigenvalue weighted by atomic mass is 14.9.